The van der Waals surface area contributed by atoms with Crippen LogP contribution in [0.3, 0.4) is 0 Å². The van der Waals surface area contributed by atoms with E-state index in [0.29, 0.717) is 6.42 Å². The SMILES string of the molecule is Cc1cc(C(=O)Cc2ccc(Br)s2)cc(C)c1Br. The Morgan fingerprint density at radius 1 is 1.17 bits per heavy atom. The molecule has 94 valence electrons. The maximum absolute atomic E-state index is 12.2. The average molecular weight is 388 g/mol. The summed E-state index contributed by atoms with van der Waals surface area (Å²) in [5, 5.41) is 0. The predicted octanol–water partition coefficient (Wildman–Crippen LogP) is 5.32. The number of carbonyl (C=O) groups excluding carboxylic acids is 1. The first-order chi connectivity index (χ1) is 8.47. The Bertz CT molecular complexity index is 579. The molecule has 1 aromatic heterocycles. The van der Waals surface area contributed by atoms with Crippen molar-refractivity contribution in [1.82, 2.24) is 0 Å². The number of Topliss-reactive ketones (excluding diaryl/α,β-unsaturated/α-hetero) is 1. The normalized spacial score (nSPS) is 10.7. The Balaban J connectivity index is 2.24. The van der Waals surface area contributed by atoms with Gasteiger partial charge in [-0.3, -0.25) is 4.79 Å². The summed E-state index contributed by atoms with van der Waals surface area (Å²) in [6, 6.07) is 7.86. The van der Waals surface area contributed by atoms with Gasteiger partial charge in [0, 0.05) is 21.3 Å². The van der Waals surface area contributed by atoms with Gasteiger partial charge in [0.15, 0.2) is 5.78 Å². The molecule has 0 saturated heterocycles. The number of ketones is 1. The molecule has 0 bridgehead atoms. The number of hydrogen-bond acceptors (Lipinski definition) is 2. The van der Waals surface area contributed by atoms with Gasteiger partial charge in [0.2, 0.25) is 0 Å². The molecular weight excluding hydrogens is 376 g/mol. The van der Waals surface area contributed by atoms with Gasteiger partial charge in [-0.15, -0.1) is 11.3 Å². The number of carbonyl (C=O) groups is 1. The molecule has 1 aromatic carbocycles. The van der Waals surface area contributed by atoms with Crippen LogP contribution in [0.4, 0.5) is 0 Å². The highest BCUT2D eigenvalue weighted by Gasteiger charge is 2.11. The maximum atomic E-state index is 12.2. The van der Waals surface area contributed by atoms with E-state index in [9.17, 15) is 4.79 Å². The fourth-order valence-corrected chi connectivity index (χ4v) is 3.52. The highest BCUT2D eigenvalue weighted by Crippen LogP contribution is 2.26. The second-order valence-corrected chi connectivity index (χ2v) is 7.57. The zero-order valence-corrected chi connectivity index (χ0v) is 14.1. The van der Waals surface area contributed by atoms with Crippen molar-refractivity contribution in [2.45, 2.75) is 20.3 Å². The Morgan fingerprint density at radius 3 is 2.28 bits per heavy atom. The van der Waals surface area contributed by atoms with Gasteiger partial charge in [-0.2, -0.15) is 0 Å². The summed E-state index contributed by atoms with van der Waals surface area (Å²) in [6.07, 6.45) is 0.469. The largest absolute Gasteiger partial charge is 0.294 e. The molecule has 0 atom stereocenters. The van der Waals surface area contributed by atoms with Crippen LogP contribution in [0.2, 0.25) is 0 Å². The fraction of sp³-hybridized carbons (Fsp3) is 0.214. The molecule has 0 aliphatic heterocycles. The molecule has 1 nitrogen and oxygen atoms in total. The molecule has 0 aliphatic carbocycles. The summed E-state index contributed by atoms with van der Waals surface area (Å²) in [5.74, 6) is 0.169. The van der Waals surface area contributed by atoms with Crippen molar-refractivity contribution in [1.29, 1.82) is 0 Å². The highest BCUT2D eigenvalue weighted by atomic mass is 79.9. The summed E-state index contributed by atoms with van der Waals surface area (Å²) < 4.78 is 2.14. The first kappa shape index (κ1) is 14.0. The van der Waals surface area contributed by atoms with Gasteiger partial charge < -0.3 is 0 Å². The van der Waals surface area contributed by atoms with Crippen LogP contribution >= 0.6 is 43.2 Å². The lowest BCUT2D eigenvalue weighted by atomic mass is 10.0. The van der Waals surface area contributed by atoms with Gasteiger partial charge in [-0.1, -0.05) is 15.9 Å². The van der Waals surface area contributed by atoms with Crippen LogP contribution in [0.15, 0.2) is 32.5 Å². The third-order valence-electron chi connectivity index (χ3n) is 2.72. The fourth-order valence-electron chi connectivity index (χ4n) is 1.81. The lowest BCUT2D eigenvalue weighted by Crippen LogP contribution is -2.03. The summed E-state index contributed by atoms with van der Waals surface area (Å²) in [4.78, 5) is 13.3. The number of rotatable bonds is 3. The first-order valence-corrected chi connectivity index (χ1v) is 7.92. The number of thiophene rings is 1. The van der Waals surface area contributed by atoms with E-state index in [1.165, 1.54) is 0 Å². The molecule has 4 heteroatoms. The van der Waals surface area contributed by atoms with E-state index < -0.39 is 0 Å². The third-order valence-corrected chi connectivity index (χ3v) is 5.60. The lowest BCUT2D eigenvalue weighted by molar-refractivity contribution is 0.0993. The third kappa shape index (κ3) is 3.11. The van der Waals surface area contributed by atoms with Crippen molar-refractivity contribution in [3.8, 4) is 0 Å². The van der Waals surface area contributed by atoms with E-state index in [1.807, 2.05) is 38.1 Å². The van der Waals surface area contributed by atoms with E-state index in [1.54, 1.807) is 11.3 Å². The molecule has 0 aliphatic rings. The zero-order chi connectivity index (χ0) is 13.3. The second kappa shape index (κ2) is 5.68. The van der Waals surface area contributed by atoms with Crippen LogP contribution in [0.25, 0.3) is 0 Å². The molecule has 0 radical (unpaired) electrons. The lowest BCUT2D eigenvalue weighted by Gasteiger charge is -2.06. The monoisotopic (exact) mass is 386 g/mol. The molecule has 0 fully saturated rings. The molecule has 0 saturated carbocycles. The molecule has 18 heavy (non-hydrogen) atoms. The Kier molecular flexibility index (Phi) is 4.41. The van der Waals surface area contributed by atoms with Gasteiger partial charge in [-0.25, -0.2) is 0 Å². The van der Waals surface area contributed by atoms with Crippen LogP contribution in [0.1, 0.15) is 26.4 Å². The van der Waals surface area contributed by atoms with E-state index in [2.05, 4.69) is 31.9 Å². The molecule has 0 amide bonds. The molecule has 2 aromatic rings. The first-order valence-electron chi connectivity index (χ1n) is 5.51. The van der Waals surface area contributed by atoms with Crippen LogP contribution in [0.5, 0.6) is 0 Å². The highest BCUT2D eigenvalue weighted by molar-refractivity contribution is 9.11. The number of aryl methyl sites for hydroxylation is 2. The minimum Gasteiger partial charge on any atom is -0.294 e. The van der Waals surface area contributed by atoms with Crippen molar-refractivity contribution >= 4 is 49.0 Å². The number of hydrogen-bond donors (Lipinski definition) is 0. The topological polar surface area (TPSA) is 17.1 Å². The van der Waals surface area contributed by atoms with Gasteiger partial charge in [-0.05, 0) is 65.2 Å². The van der Waals surface area contributed by atoms with Crippen molar-refractivity contribution in [3.05, 3.63) is 54.1 Å². The van der Waals surface area contributed by atoms with E-state index in [-0.39, 0.29) is 5.78 Å². The van der Waals surface area contributed by atoms with E-state index in [0.717, 1.165) is 29.8 Å². The van der Waals surface area contributed by atoms with Crippen molar-refractivity contribution in [3.63, 3.8) is 0 Å². The average Bonchev–Trinajstić information content (AvgIpc) is 2.71. The quantitative estimate of drug-likeness (QED) is 0.651. The Hall–Kier alpha value is -0.450. The minimum absolute atomic E-state index is 0.169. The van der Waals surface area contributed by atoms with Gasteiger partial charge in [0.05, 0.1) is 3.79 Å². The standard InChI is InChI=1S/C14H12Br2OS/c1-8-5-10(6-9(2)14(8)16)12(17)7-11-3-4-13(15)18-11/h3-6H,7H2,1-2H3. The number of benzene rings is 1. The Morgan fingerprint density at radius 2 is 1.78 bits per heavy atom. The smallest absolute Gasteiger partial charge is 0.168 e. The minimum atomic E-state index is 0.169. The Labute approximate surface area is 127 Å². The van der Waals surface area contributed by atoms with Crippen LogP contribution in [-0.2, 0) is 6.42 Å². The summed E-state index contributed by atoms with van der Waals surface area (Å²) >= 11 is 8.54. The second-order valence-electron chi connectivity index (χ2n) is 4.23. The molecule has 0 spiro atoms. The van der Waals surface area contributed by atoms with Crippen LogP contribution < -0.4 is 0 Å². The van der Waals surface area contributed by atoms with E-state index >= 15 is 0 Å². The summed E-state index contributed by atoms with van der Waals surface area (Å²) in [6.45, 7) is 4.02. The molecule has 2 rings (SSSR count). The number of halogens is 2. The van der Waals surface area contributed by atoms with Gasteiger partial charge >= 0.3 is 0 Å². The van der Waals surface area contributed by atoms with Gasteiger partial charge in [0.25, 0.3) is 0 Å². The van der Waals surface area contributed by atoms with Crippen molar-refractivity contribution < 1.29 is 4.79 Å². The molecule has 0 N–H and O–H groups in total. The zero-order valence-electron chi connectivity index (χ0n) is 10.1. The molecule has 0 unspecified atom stereocenters. The van der Waals surface area contributed by atoms with E-state index in [4.69, 9.17) is 0 Å². The van der Waals surface area contributed by atoms with Crippen molar-refractivity contribution in [2.24, 2.45) is 0 Å². The molecule has 1 heterocycles. The molecular formula is C14H12Br2OS. The summed E-state index contributed by atoms with van der Waals surface area (Å²) in [5.41, 5.74) is 2.99. The van der Waals surface area contributed by atoms with Crippen molar-refractivity contribution in [2.75, 3.05) is 0 Å². The summed E-state index contributed by atoms with van der Waals surface area (Å²) in [7, 11) is 0. The van der Waals surface area contributed by atoms with Crippen LogP contribution in [-0.4, -0.2) is 5.78 Å². The maximum Gasteiger partial charge on any atom is 0.168 e. The predicted molar refractivity (Wildman–Crippen MR) is 83.7 cm³/mol. The van der Waals surface area contributed by atoms with Gasteiger partial charge in [0.1, 0.15) is 0 Å². The van der Waals surface area contributed by atoms with Crippen LogP contribution in [0, 0.1) is 13.8 Å².